The molecule has 0 aromatic rings. The topological polar surface area (TPSA) is 49.8 Å². The SMILES string of the molecule is CCN(C(=O)OCC(C)(C)O)C(C)(C)C. The molecule has 0 aromatic carbocycles. The van der Waals surface area contributed by atoms with Crippen LogP contribution in [0.3, 0.4) is 0 Å². The molecule has 0 radical (unpaired) electrons. The summed E-state index contributed by atoms with van der Waals surface area (Å²) in [7, 11) is 0. The predicted molar refractivity (Wildman–Crippen MR) is 59.8 cm³/mol. The summed E-state index contributed by atoms with van der Waals surface area (Å²) in [5, 5.41) is 9.43. The van der Waals surface area contributed by atoms with Crippen molar-refractivity contribution in [2.75, 3.05) is 13.2 Å². The normalized spacial score (nSPS) is 12.5. The lowest BCUT2D eigenvalue weighted by Crippen LogP contribution is -2.46. The number of ether oxygens (including phenoxy) is 1. The van der Waals surface area contributed by atoms with Gasteiger partial charge in [0, 0.05) is 12.1 Å². The maximum Gasteiger partial charge on any atom is 0.410 e. The number of hydrogen-bond donors (Lipinski definition) is 1. The van der Waals surface area contributed by atoms with Gasteiger partial charge in [-0.2, -0.15) is 0 Å². The Morgan fingerprint density at radius 1 is 1.27 bits per heavy atom. The number of amides is 1. The molecule has 90 valence electrons. The van der Waals surface area contributed by atoms with E-state index >= 15 is 0 Å². The van der Waals surface area contributed by atoms with Crippen molar-refractivity contribution in [3.63, 3.8) is 0 Å². The maximum absolute atomic E-state index is 11.7. The molecular weight excluding hydrogens is 194 g/mol. The molecule has 0 atom stereocenters. The van der Waals surface area contributed by atoms with Crippen LogP contribution >= 0.6 is 0 Å². The fraction of sp³-hybridized carbons (Fsp3) is 0.909. The summed E-state index contributed by atoms with van der Waals surface area (Å²) < 4.78 is 5.02. The van der Waals surface area contributed by atoms with Gasteiger partial charge in [-0.1, -0.05) is 0 Å². The summed E-state index contributed by atoms with van der Waals surface area (Å²) in [4.78, 5) is 13.3. The second-order valence-corrected chi connectivity index (χ2v) is 5.28. The molecular formula is C11H23NO3. The lowest BCUT2D eigenvalue weighted by Gasteiger charge is -2.34. The van der Waals surface area contributed by atoms with Gasteiger partial charge in [0.1, 0.15) is 6.61 Å². The van der Waals surface area contributed by atoms with Crippen LogP contribution in [-0.2, 0) is 4.74 Å². The van der Waals surface area contributed by atoms with Gasteiger partial charge >= 0.3 is 6.09 Å². The fourth-order valence-electron chi connectivity index (χ4n) is 1.19. The third-order valence-electron chi connectivity index (χ3n) is 1.90. The highest BCUT2D eigenvalue weighted by Crippen LogP contribution is 2.14. The van der Waals surface area contributed by atoms with E-state index in [1.807, 2.05) is 27.7 Å². The molecule has 0 aromatic heterocycles. The summed E-state index contributed by atoms with van der Waals surface area (Å²) in [6.07, 6.45) is -0.382. The minimum Gasteiger partial charge on any atom is -0.446 e. The molecule has 0 heterocycles. The molecule has 4 nitrogen and oxygen atoms in total. The molecule has 4 heteroatoms. The average molecular weight is 217 g/mol. The Bertz CT molecular complexity index is 213. The molecule has 1 N–H and O–H groups in total. The van der Waals surface area contributed by atoms with E-state index in [1.54, 1.807) is 18.7 Å². The van der Waals surface area contributed by atoms with Gasteiger partial charge in [-0.15, -0.1) is 0 Å². The quantitative estimate of drug-likeness (QED) is 0.786. The molecule has 0 unspecified atom stereocenters. The number of carbonyl (C=O) groups excluding carboxylic acids is 1. The maximum atomic E-state index is 11.7. The van der Waals surface area contributed by atoms with Crippen molar-refractivity contribution in [1.29, 1.82) is 0 Å². The van der Waals surface area contributed by atoms with E-state index in [0.717, 1.165) is 0 Å². The monoisotopic (exact) mass is 217 g/mol. The fourth-order valence-corrected chi connectivity index (χ4v) is 1.19. The minimum atomic E-state index is -0.979. The number of rotatable bonds is 3. The van der Waals surface area contributed by atoms with Gasteiger partial charge in [-0.05, 0) is 41.5 Å². The van der Waals surface area contributed by atoms with E-state index in [1.165, 1.54) is 0 Å². The zero-order valence-corrected chi connectivity index (χ0v) is 10.6. The van der Waals surface area contributed by atoms with Crippen molar-refractivity contribution >= 4 is 6.09 Å². The lowest BCUT2D eigenvalue weighted by molar-refractivity contribution is -0.0114. The Kier molecular flexibility index (Phi) is 4.59. The molecule has 0 aliphatic carbocycles. The molecule has 15 heavy (non-hydrogen) atoms. The predicted octanol–water partition coefficient (Wildman–Crippen LogP) is 2.01. The number of nitrogens with zero attached hydrogens (tertiary/aromatic N) is 1. The first-order chi connectivity index (χ1) is 6.58. The van der Waals surface area contributed by atoms with E-state index < -0.39 is 5.60 Å². The van der Waals surface area contributed by atoms with Crippen molar-refractivity contribution in [3.8, 4) is 0 Å². The van der Waals surface area contributed by atoms with Crippen molar-refractivity contribution in [1.82, 2.24) is 4.90 Å². The Labute approximate surface area is 92.2 Å². The standard InChI is InChI=1S/C11H23NO3/c1-7-12(10(2,3)4)9(13)15-8-11(5,6)14/h14H,7-8H2,1-6H3. The number of carbonyl (C=O) groups is 1. The van der Waals surface area contributed by atoms with Gasteiger partial charge in [0.15, 0.2) is 0 Å². The summed E-state index contributed by atoms with van der Waals surface area (Å²) in [6.45, 7) is 11.6. The summed E-state index contributed by atoms with van der Waals surface area (Å²) in [5.74, 6) is 0. The van der Waals surface area contributed by atoms with Crippen molar-refractivity contribution in [3.05, 3.63) is 0 Å². The number of aliphatic hydroxyl groups is 1. The average Bonchev–Trinajstić information content (AvgIpc) is 1.98. The zero-order chi connectivity index (χ0) is 12.3. The molecule has 0 saturated heterocycles. The minimum absolute atomic E-state index is 0.0123. The van der Waals surface area contributed by atoms with Crippen LogP contribution in [0.25, 0.3) is 0 Å². The summed E-state index contributed by atoms with van der Waals surface area (Å²) >= 11 is 0. The molecule has 0 saturated carbocycles. The molecule has 1 amide bonds. The van der Waals surface area contributed by atoms with E-state index in [-0.39, 0.29) is 18.2 Å². The highest BCUT2D eigenvalue weighted by molar-refractivity contribution is 5.68. The smallest absolute Gasteiger partial charge is 0.410 e. The first-order valence-corrected chi connectivity index (χ1v) is 5.24. The van der Waals surface area contributed by atoms with E-state index in [0.29, 0.717) is 6.54 Å². The highest BCUT2D eigenvalue weighted by Gasteiger charge is 2.27. The third-order valence-corrected chi connectivity index (χ3v) is 1.90. The van der Waals surface area contributed by atoms with Crippen LogP contribution in [0.1, 0.15) is 41.5 Å². The van der Waals surface area contributed by atoms with Crippen molar-refractivity contribution < 1.29 is 14.6 Å². The second kappa shape index (κ2) is 4.84. The van der Waals surface area contributed by atoms with Crippen LogP contribution in [0.5, 0.6) is 0 Å². The van der Waals surface area contributed by atoms with Crippen LogP contribution in [0.4, 0.5) is 4.79 Å². The van der Waals surface area contributed by atoms with Crippen LogP contribution in [0.2, 0.25) is 0 Å². The third kappa shape index (κ3) is 5.62. The van der Waals surface area contributed by atoms with Crippen LogP contribution < -0.4 is 0 Å². The zero-order valence-electron chi connectivity index (χ0n) is 10.6. The van der Waals surface area contributed by atoms with Gasteiger partial charge in [-0.3, -0.25) is 0 Å². The Morgan fingerprint density at radius 3 is 2.00 bits per heavy atom. The van der Waals surface area contributed by atoms with Crippen molar-refractivity contribution in [2.24, 2.45) is 0 Å². The summed E-state index contributed by atoms with van der Waals surface area (Å²) in [5.41, 5.74) is -1.24. The number of hydrogen-bond acceptors (Lipinski definition) is 3. The van der Waals surface area contributed by atoms with Gasteiger partial charge in [0.25, 0.3) is 0 Å². The first kappa shape index (κ1) is 14.2. The van der Waals surface area contributed by atoms with Crippen LogP contribution in [0.15, 0.2) is 0 Å². The lowest BCUT2D eigenvalue weighted by atomic mass is 10.1. The summed E-state index contributed by atoms with van der Waals surface area (Å²) in [6, 6.07) is 0. The van der Waals surface area contributed by atoms with E-state index in [9.17, 15) is 9.90 Å². The van der Waals surface area contributed by atoms with Crippen molar-refractivity contribution in [2.45, 2.75) is 52.7 Å². The second-order valence-electron chi connectivity index (χ2n) is 5.28. The van der Waals surface area contributed by atoms with Gasteiger partial charge in [0.2, 0.25) is 0 Å². The van der Waals surface area contributed by atoms with Gasteiger partial charge < -0.3 is 14.7 Å². The first-order valence-electron chi connectivity index (χ1n) is 5.24. The molecule has 0 aliphatic rings. The van der Waals surface area contributed by atoms with E-state index in [4.69, 9.17) is 4.74 Å². The Hall–Kier alpha value is -0.770. The molecule has 0 fully saturated rings. The van der Waals surface area contributed by atoms with E-state index in [2.05, 4.69) is 0 Å². The van der Waals surface area contributed by atoms with Gasteiger partial charge in [-0.25, -0.2) is 4.79 Å². The largest absolute Gasteiger partial charge is 0.446 e. The van der Waals surface area contributed by atoms with Gasteiger partial charge in [0.05, 0.1) is 5.60 Å². The molecule has 0 bridgehead atoms. The Morgan fingerprint density at radius 2 is 1.73 bits per heavy atom. The highest BCUT2D eigenvalue weighted by atomic mass is 16.6. The molecule has 0 rings (SSSR count). The Balaban J connectivity index is 4.31. The molecule has 0 aliphatic heterocycles. The van der Waals surface area contributed by atoms with Crippen LogP contribution in [-0.4, -0.2) is 40.4 Å². The molecule has 0 spiro atoms. The van der Waals surface area contributed by atoms with Crippen LogP contribution in [0, 0.1) is 0 Å².